The average molecular weight is 338 g/mol. The highest BCUT2D eigenvalue weighted by Gasteiger charge is 2.20. The first-order valence-corrected chi connectivity index (χ1v) is 8.00. The molecule has 3 rings (SSSR count). The zero-order chi connectivity index (χ0) is 17.3. The summed E-state index contributed by atoms with van der Waals surface area (Å²) in [6.45, 7) is 1.48. The molecule has 0 aliphatic heterocycles. The predicted octanol–water partition coefficient (Wildman–Crippen LogP) is 3.48. The van der Waals surface area contributed by atoms with Crippen LogP contribution in [0.15, 0.2) is 48.5 Å². The standard InChI is InChI=1S/C18H14N2O3S/c1-10(21)16-14(11-6-3-2-4-7-11)20-18(24-16)13-9-5-8-12(15(13)22)17(19)23/h2-9,22H,1H3,(H2,19,23). The number of rotatable bonds is 4. The summed E-state index contributed by atoms with van der Waals surface area (Å²) in [5.41, 5.74) is 7.04. The van der Waals surface area contributed by atoms with Gasteiger partial charge in [-0.25, -0.2) is 4.98 Å². The summed E-state index contributed by atoms with van der Waals surface area (Å²) < 4.78 is 0. The van der Waals surface area contributed by atoms with Crippen LogP contribution in [0.4, 0.5) is 0 Å². The number of benzene rings is 2. The van der Waals surface area contributed by atoms with Crippen molar-refractivity contribution in [2.45, 2.75) is 6.92 Å². The van der Waals surface area contributed by atoms with Crippen molar-refractivity contribution < 1.29 is 14.7 Å². The third kappa shape index (κ3) is 2.79. The second-order valence-corrected chi connectivity index (χ2v) is 6.18. The third-order valence-corrected chi connectivity index (χ3v) is 4.72. The van der Waals surface area contributed by atoms with Crippen molar-refractivity contribution >= 4 is 23.0 Å². The van der Waals surface area contributed by atoms with Gasteiger partial charge in [-0.3, -0.25) is 9.59 Å². The van der Waals surface area contributed by atoms with Crippen LogP contribution < -0.4 is 5.73 Å². The Morgan fingerprint density at radius 3 is 2.42 bits per heavy atom. The number of hydrogen-bond acceptors (Lipinski definition) is 5. The Hall–Kier alpha value is -2.99. The van der Waals surface area contributed by atoms with Gasteiger partial charge >= 0.3 is 0 Å². The van der Waals surface area contributed by atoms with Crippen molar-refractivity contribution in [1.29, 1.82) is 0 Å². The van der Waals surface area contributed by atoms with Gasteiger partial charge in [0.2, 0.25) is 0 Å². The summed E-state index contributed by atoms with van der Waals surface area (Å²) >= 11 is 1.18. The number of Topliss-reactive ketones (excluding diaryl/α,β-unsaturated/α-hetero) is 1. The molecular weight excluding hydrogens is 324 g/mol. The summed E-state index contributed by atoms with van der Waals surface area (Å²) in [5, 5.41) is 10.8. The minimum Gasteiger partial charge on any atom is -0.506 e. The van der Waals surface area contributed by atoms with E-state index in [1.807, 2.05) is 30.3 Å². The van der Waals surface area contributed by atoms with Crippen LogP contribution in [0.5, 0.6) is 5.75 Å². The topological polar surface area (TPSA) is 93.3 Å². The molecule has 0 fully saturated rings. The second kappa shape index (κ2) is 6.25. The minimum atomic E-state index is -0.721. The molecule has 120 valence electrons. The molecule has 0 aliphatic carbocycles. The molecule has 0 aliphatic rings. The van der Waals surface area contributed by atoms with E-state index in [4.69, 9.17) is 5.73 Å². The first kappa shape index (κ1) is 15.9. The number of nitrogens with two attached hydrogens (primary N) is 1. The van der Waals surface area contributed by atoms with E-state index in [9.17, 15) is 14.7 Å². The van der Waals surface area contributed by atoms with Crippen molar-refractivity contribution in [2.75, 3.05) is 0 Å². The fourth-order valence-corrected chi connectivity index (χ4v) is 3.39. The summed E-state index contributed by atoms with van der Waals surface area (Å²) in [4.78, 5) is 28.4. The summed E-state index contributed by atoms with van der Waals surface area (Å²) in [6.07, 6.45) is 0. The van der Waals surface area contributed by atoms with E-state index in [2.05, 4.69) is 4.98 Å². The number of nitrogens with zero attached hydrogens (tertiary/aromatic N) is 1. The summed E-state index contributed by atoms with van der Waals surface area (Å²) in [7, 11) is 0. The van der Waals surface area contributed by atoms with E-state index in [0.29, 0.717) is 21.1 Å². The second-order valence-electron chi connectivity index (χ2n) is 5.18. The normalized spacial score (nSPS) is 10.5. The van der Waals surface area contributed by atoms with Gasteiger partial charge in [-0.1, -0.05) is 36.4 Å². The molecule has 0 atom stereocenters. The van der Waals surface area contributed by atoms with Crippen LogP contribution in [-0.2, 0) is 0 Å². The molecule has 2 aromatic carbocycles. The predicted molar refractivity (Wildman–Crippen MR) is 93.2 cm³/mol. The molecule has 0 bridgehead atoms. The largest absolute Gasteiger partial charge is 0.506 e. The van der Waals surface area contributed by atoms with Gasteiger partial charge in [0.1, 0.15) is 10.8 Å². The fraction of sp³-hybridized carbons (Fsp3) is 0.0556. The Morgan fingerprint density at radius 1 is 1.08 bits per heavy atom. The molecule has 24 heavy (non-hydrogen) atoms. The molecule has 0 saturated carbocycles. The molecule has 0 radical (unpaired) electrons. The average Bonchev–Trinajstić information content (AvgIpc) is 3.01. The van der Waals surface area contributed by atoms with Crippen molar-refractivity contribution in [1.82, 2.24) is 4.98 Å². The number of ketones is 1. The Bertz CT molecular complexity index is 933. The maximum atomic E-state index is 12.0. The number of aromatic nitrogens is 1. The lowest BCUT2D eigenvalue weighted by atomic mass is 10.1. The Morgan fingerprint density at radius 2 is 1.79 bits per heavy atom. The first-order valence-electron chi connectivity index (χ1n) is 7.18. The number of para-hydroxylation sites is 1. The monoisotopic (exact) mass is 338 g/mol. The molecule has 6 heteroatoms. The minimum absolute atomic E-state index is 0.0216. The number of aromatic hydroxyl groups is 1. The van der Waals surface area contributed by atoms with Gasteiger partial charge in [0.05, 0.1) is 21.7 Å². The van der Waals surface area contributed by atoms with Crippen LogP contribution in [-0.4, -0.2) is 21.8 Å². The highest BCUT2D eigenvalue weighted by molar-refractivity contribution is 7.17. The van der Waals surface area contributed by atoms with E-state index in [1.54, 1.807) is 12.1 Å². The number of phenols is 1. The number of primary amides is 1. The quantitative estimate of drug-likeness (QED) is 0.712. The number of carbonyl (C=O) groups excluding carboxylic acids is 2. The molecule has 1 aromatic heterocycles. The van der Waals surface area contributed by atoms with Gasteiger partial charge in [0.25, 0.3) is 5.91 Å². The van der Waals surface area contributed by atoms with Gasteiger partial charge in [0, 0.05) is 12.5 Å². The molecule has 3 N–H and O–H groups in total. The Kier molecular flexibility index (Phi) is 4.14. The lowest BCUT2D eigenvalue weighted by Gasteiger charge is -2.04. The Balaban J connectivity index is 2.20. The van der Waals surface area contributed by atoms with Gasteiger partial charge in [0.15, 0.2) is 5.78 Å². The fourth-order valence-electron chi connectivity index (χ4n) is 2.38. The molecule has 0 spiro atoms. The smallest absolute Gasteiger partial charge is 0.252 e. The lowest BCUT2D eigenvalue weighted by molar-refractivity contribution is 0.0994. The van der Waals surface area contributed by atoms with E-state index in [-0.39, 0.29) is 17.1 Å². The molecule has 1 amide bonds. The number of carbonyl (C=O) groups is 2. The van der Waals surface area contributed by atoms with Gasteiger partial charge in [-0.15, -0.1) is 11.3 Å². The van der Waals surface area contributed by atoms with Crippen LogP contribution in [0.2, 0.25) is 0 Å². The molecule has 0 saturated heterocycles. The van der Waals surface area contributed by atoms with Crippen LogP contribution in [0.1, 0.15) is 27.0 Å². The van der Waals surface area contributed by atoms with Crippen molar-refractivity contribution in [2.24, 2.45) is 5.73 Å². The van der Waals surface area contributed by atoms with E-state index in [1.165, 1.54) is 24.3 Å². The number of thiazole rings is 1. The van der Waals surface area contributed by atoms with E-state index in [0.717, 1.165) is 5.56 Å². The maximum absolute atomic E-state index is 12.0. The number of hydrogen-bond donors (Lipinski definition) is 2. The first-order chi connectivity index (χ1) is 11.5. The van der Waals surface area contributed by atoms with Gasteiger partial charge in [-0.2, -0.15) is 0 Å². The molecule has 1 heterocycles. The van der Waals surface area contributed by atoms with Crippen LogP contribution in [0.25, 0.3) is 21.8 Å². The highest BCUT2D eigenvalue weighted by atomic mass is 32.1. The SMILES string of the molecule is CC(=O)c1sc(-c2cccc(C(N)=O)c2O)nc1-c1ccccc1. The summed E-state index contributed by atoms with van der Waals surface area (Å²) in [5.74, 6) is -1.06. The third-order valence-electron chi connectivity index (χ3n) is 3.53. The van der Waals surface area contributed by atoms with E-state index >= 15 is 0 Å². The molecule has 3 aromatic rings. The van der Waals surface area contributed by atoms with Crippen LogP contribution >= 0.6 is 11.3 Å². The zero-order valence-corrected chi connectivity index (χ0v) is 13.6. The number of amides is 1. The highest BCUT2D eigenvalue weighted by Crippen LogP contribution is 2.38. The Labute approximate surface area is 142 Å². The molecule has 0 unspecified atom stereocenters. The molecular formula is C18H14N2O3S. The lowest BCUT2D eigenvalue weighted by Crippen LogP contribution is -2.11. The maximum Gasteiger partial charge on any atom is 0.252 e. The van der Waals surface area contributed by atoms with Gasteiger partial charge < -0.3 is 10.8 Å². The summed E-state index contributed by atoms with van der Waals surface area (Å²) in [6, 6.07) is 14.0. The zero-order valence-electron chi connectivity index (χ0n) is 12.8. The molecule has 5 nitrogen and oxygen atoms in total. The van der Waals surface area contributed by atoms with Gasteiger partial charge in [-0.05, 0) is 12.1 Å². The van der Waals surface area contributed by atoms with Crippen LogP contribution in [0.3, 0.4) is 0 Å². The van der Waals surface area contributed by atoms with E-state index < -0.39 is 5.91 Å². The van der Waals surface area contributed by atoms with Crippen molar-refractivity contribution in [3.8, 4) is 27.6 Å². The van der Waals surface area contributed by atoms with Crippen LogP contribution in [0, 0.1) is 0 Å². The van der Waals surface area contributed by atoms with Crippen molar-refractivity contribution in [3.05, 3.63) is 59.0 Å². The van der Waals surface area contributed by atoms with Crippen molar-refractivity contribution in [3.63, 3.8) is 0 Å².